The van der Waals surface area contributed by atoms with Gasteiger partial charge in [0.2, 0.25) is 11.0 Å². The first kappa shape index (κ1) is 23.6. The Morgan fingerprint density at radius 2 is 1.78 bits per heavy atom. The summed E-state index contributed by atoms with van der Waals surface area (Å²) < 4.78 is 104. The van der Waals surface area contributed by atoms with Crippen LogP contribution in [0.3, 0.4) is 0 Å². The molecular weight excluding hydrogens is 482 g/mol. The number of pyridine rings is 1. The van der Waals surface area contributed by atoms with Crippen LogP contribution < -0.4 is 9.74 Å². The van der Waals surface area contributed by atoms with Crippen LogP contribution in [0.2, 0.25) is 0 Å². The maximum Gasteiger partial charge on any atom is 0.416 e. The Morgan fingerprint density at radius 3 is 2.38 bits per heavy atom. The second-order valence-electron chi connectivity index (χ2n) is 6.29. The molecule has 2 heterocycles. The van der Waals surface area contributed by atoms with Crippen molar-refractivity contribution in [2.24, 2.45) is 0 Å². The van der Waals surface area contributed by atoms with Crippen LogP contribution in [0.4, 0.5) is 17.6 Å². The molecular formula is C17H13F4N3O6S2. The zero-order valence-electron chi connectivity index (χ0n) is 16.0. The highest BCUT2D eigenvalue weighted by molar-refractivity contribution is 7.91. The van der Waals surface area contributed by atoms with Gasteiger partial charge in [0.05, 0.1) is 22.9 Å². The highest BCUT2D eigenvalue weighted by atomic mass is 32.2. The second-order valence-corrected chi connectivity index (χ2v) is 9.98. The predicted octanol–water partition coefficient (Wildman–Crippen LogP) is 2.23. The van der Waals surface area contributed by atoms with Crippen molar-refractivity contribution in [3.05, 3.63) is 52.4 Å². The van der Waals surface area contributed by atoms with Crippen LogP contribution in [0, 0.1) is 0 Å². The largest absolute Gasteiger partial charge is 0.416 e. The quantitative estimate of drug-likeness (QED) is 0.377. The summed E-state index contributed by atoms with van der Waals surface area (Å²) in [6.07, 6.45) is -3.64. The molecule has 3 aromatic rings. The Balaban J connectivity index is 2.24. The summed E-state index contributed by atoms with van der Waals surface area (Å²) in [6, 6.07) is 2.28. The monoisotopic (exact) mass is 495 g/mol. The van der Waals surface area contributed by atoms with Gasteiger partial charge in [-0.2, -0.15) is 31.4 Å². The summed E-state index contributed by atoms with van der Waals surface area (Å²) in [5, 5.41) is 2.60. The predicted molar refractivity (Wildman–Crippen MR) is 103 cm³/mol. The number of fused-ring (bicyclic) bond motifs is 1. The summed E-state index contributed by atoms with van der Waals surface area (Å²) in [5.41, 5.74) is -2.12. The fourth-order valence-corrected chi connectivity index (χ4v) is 4.03. The normalized spacial score (nSPS) is 12.8. The van der Waals surface area contributed by atoms with E-state index in [1.54, 1.807) is 0 Å². The molecule has 0 N–H and O–H groups in total. The zero-order valence-corrected chi connectivity index (χ0v) is 17.6. The zero-order chi connectivity index (χ0) is 23.9. The highest BCUT2D eigenvalue weighted by Crippen LogP contribution is 2.31. The van der Waals surface area contributed by atoms with Crippen LogP contribution in [0.25, 0.3) is 16.6 Å². The van der Waals surface area contributed by atoms with E-state index in [1.165, 1.54) is 6.92 Å². The molecule has 3 rings (SSSR count). The lowest BCUT2D eigenvalue weighted by Crippen LogP contribution is -2.23. The minimum absolute atomic E-state index is 0.0923. The Hall–Kier alpha value is -3.07. The van der Waals surface area contributed by atoms with Crippen molar-refractivity contribution in [2.45, 2.75) is 18.1 Å². The molecule has 0 spiro atoms. The molecule has 9 nitrogen and oxygen atoms in total. The molecule has 0 aliphatic carbocycles. The molecule has 0 saturated carbocycles. The standard InChI is InChI=1S/C17H13F4N3O6S2/c1-2-31(26,27)15-13(30-32(28,29)9-18)5-6-14(23-15)24-16(25)12-7-11(17(19,20)21)4-3-10(12)8-22-24/h3-8H,2,9H2,1H3. The van der Waals surface area contributed by atoms with Crippen LogP contribution in [0.5, 0.6) is 5.75 Å². The van der Waals surface area contributed by atoms with Crippen molar-refractivity contribution < 1.29 is 38.6 Å². The third kappa shape index (κ3) is 4.57. The molecule has 2 aromatic heterocycles. The van der Waals surface area contributed by atoms with Crippen molar-refractivity contribution in [2.75, 3.05) is 11.8 Å². The smallest absolute Gasteiger partial charge is 0.377 e. The topological polar surface area (TPSA) is 125 Å². The summed E-state index contributed by atoms with van der Waals surface area (Å²) in [4.78, 5) is 16.5. The first-order valence-electron chi connectivity index (χ1n) is 8.60. The Bertz CT molecular complexity index is 1470. The van der Waals surface area contributed by atoms with Crippen molar-refractivity contribution in [1.82, 2.24) is 14.8 Å². The first-order valence-corrected chi connectivity index (χ1v) is 11.8. The average molecular weight is 495 g/mol. The number of sulfone groups is 1. The number of hydrogen-bond acceptors (Lipinski definition) is 8. The van der Waals surface area contributed by atoms with Crippen molar-refractivity contribution in [1.29, 1.82) is 0 Å². The molecule has 0 aliphatic heterocycles. The van der Waals surface area contributed by atoms with E-state index in [0.717, 1.165) is 30.5 Å². The van der Waals surface area contributed by atoms with E-state index in [-0.39, 0.29) is 10.8 Å². The van der Waals surface area contributed by atoms with E-state index in [0.29, 0.717) is 10.7 Å². The van der Waals surface area contributed by atoms with Gasteiger partial charge >= 0.3 is 16.3 Å². The molecule has 0 aliphatic rings. The minimum atomic E-state index is -4.76. The van der Waals surface area contributed by atoms with Gasteiger partial charge in [0.25, 0.3) is 5.56 Å². The van der Waals surface area contributed by atoms with E-state index in [4.69, 9.17) is 0 Å². The van der Waals surface area contributed by atoms with Gasteiger partial charge in [0.1, 0.15) is 0 Å². The van der Waals surface area contributed by atoms with E-state index < -0.39 is 65.6 Å². The van der Waals surface area contributed by atoms with Crippen molar-refractivity contribution in [3.63, 3.8) is 0 Å². The SMILES string of the molecule is CCS(=O)(=O)c1nc(-n2ncc3ccc(C(F)(F)F)cc3c2=O)ccc1OS(=O)(=O)CF. The van der Waals surface area contributed by atoms with Crippen LogP contribution in [0.1, 0.15) is 12.5 Å². The lowest BCUT2D eigenvalue weighted by molar-refractivity contribution is -0.137. The summed E-state index contributed by atoms with van der Waals surface area (Å²) in [5.74, 6) is -1.79. The number of benzene rings is 1. The number of alkyl halides is 4. The molecule has 0 amide bonds. The molecule has 1 aromatic carbocycles. The lowest BCUT2D eigenvalue weighted by atomic mass is 10.1. The maximum atomic E-state index is 13.0. The van der Waals surface area contributed by atoms with E-state index in [1.807, 2.05) is 0 Å². The van der Waals surface area contributed by atoms with Gasteiger partial charge in [-0.15, -0.1) is 0 Å². The molecule has 15 heteroatoms. The van der Waals surface area contributed by atoms with Crippen LogP contribution in [0.15, 0.2) is 46.3 Å². The number of halogens is 4. The van der Waals surface area contributed by atoms with E-state index in [2.05, 4.69) is 14.3 Å². The summed E-state index contributed by atoms with van der Waals surface area (Å²) in [6.45, 7) is 1.22. The van der Waals surface area contributed by atoms with Gasteiger partial charge in [-0.3, -0.25) is 4.79 Å². The Labute approximate surface area is 178 Å². The van der Waals surface area contributed by atoms with Gasteiger partial charge in [0, 0.05) is 5.39 Å². The lowest BCUT2D eigenvalue weighted by Gasteiger charge is -2.12. The van der Waals surface area contributed by atoms with Crippen LogP contribution in [-0.4, -0.2) is 43.4 Å². The van der Waals surface area contributed by atoms with E-state index in [9.17, 15) is 39.2 Å². The number of aromatic nitrogens is 3. The fraction of sp³-hybridized carbons (Fsp3) is 0.235. The van der Waals surface area contributed by atoms with Crippen LogP contribution >= 0.6 is 0 Å². The van der Waals surface area contributed by atoms with Gasteiger partial charge in [-0.25, -0.2) is 17.8 Å². The minimum Gasteiger partial charge on any atom is -0.377 e. The third-order valence-corrected chi connectivity index (χ3v) is 6.51. The van der Waals surface area contributed by atoms with Gasteiger partial charge in [-0.1, -0.05) is 13.0 Å². The first-order chi connectivity index (χ1) is 14.8. The summed E-state index contributed by atoms with van der Waals surface area (Å²) >= 11 is 0. The number of nitrogens with zero attached hydrogens (tertiary/aromatic N) is 3. The molecule has 0 fully saturated rings. The third-order valence-electron chi connectivity index (χ3n) is 4.17. The molecule has 0 atom stereocenters. The molecule has 0 saturated heterocycles. The van der Waals surface area contributed by atoms with Gasteiger partial charge in [0.15, 0.2) is 21.4 Å². The van der Waals surface area contributed by atoms with Crippen molar-refractivity contribution >= 4 is 30.7 Å². The number of hydrogen-bond donors (Lipinski definition) is 0. The molecule has 0 radical (unpaired) electrons. The fourth-order valence-electron chi connectivity index (χ4n) is 2.60. The second kappa shape index (κ2) is 8.12. The van der Waals surface area contributed by atoms with Crippen LogP contribution in [-0.2, 0) is 26.1 Å². The molecule has 0 bridgehead atoms. The molecule has 32 heavy (non-hydrogen) atoms. The van der Waals surface area contributed by atoms with E-state index >= 15 is 0 Å². The molecule has 0 unspecified atom stereocenters. The highest BCUT2D eigenvalue weighted by Gasteiger charge is 2.31. The molecule has 172 valence electrons. The number of rotatable bonds is 6. The summed E-state index contributed by atoms with van der Waals surface area (Å²) in [7, 11) is -8.99. The van der Waals surface area contributed by atoms with Gasteiger partial charge in [-0.05, 0) is 24.3 Å². The average Bonchev–Trinajstić information content (AvgIpc) is 2.73. The van der Waals surface area contributed by atoms with Gasteiger partial charge < -0.3 is 4.18 Å². The Kier molecular flexibility index (Phi) is 5.99. The Morgan fingerprint density at radius 1 is 1.09 bits per heavy atom. The van der Waals surface area contributed by atoms with Crippen molar-refractivity contribution in [3.8, 4) is 11.6 Å². The maximum absolute atomic E-state index is 13.0.